The fraction of sp³-hybridized carbons (Fsp3) is 0.348. The minimum absolute atomic E-state index is 0.00724. The predicted molar refractivity (Wildman–Crippen MR) is 123 cm³/mol. The van der Waals surface area contributed by atoms with Gasteiger partial charge in [0.25, 0.3) is 5.91 Å². The van der Waals surface area contributed by atoms with E-state index in [4.69, 9.17) is 21.1 Å². The van der Waals surface area contributed by atoms with Gasteiger partial charge in [-0.15, -0.1) is 0 Å². The molecule has 4 rings (SSSR count). The maximum absolute atomic E-state index is 14.4. The van der Waals surface area contributed by atoms with Gasteiger partial charge in [0.1, 0.15) is 24.4 Å². The number of ether oxygens (including phenoxy) is 2. The van der Waals surface area contributed by atoms with Crippen LogP contribution in [0.2, 0.25) is 5.02 Å². The summed E-state index contributed by atoms with van der Waals surface area (Å²) in [5, 5.41) is 13.1. The highest BCUT2D eigenvalue weighted by Gasteiger charge is 2.27. The molecule has 3 aromatic rings. The molecule has 2 N–H and O–H groups in total. The Morgan fingerprint density at radius 2 is 2.03 bits per heavy atom. The number of amides is 1. The number of carbonyl (C=O) groups is 1. The summed E-state index contributed by atoms with van der Waals surface area (Å²) in [6.07, 6.45) is 1.51. The van der Waals surface area contributed by atoms with Gasteiger partial charge in [0.05, 0.1) is 23.3 Å². The molecule has 1 saturated heterocycles. The Hall–Kier alpha value is -3.17. The van der Waals surface area contributed by atoms with E-state index < -0.39 is 11.9 Å². The third kappa shape index (κ3) is 4.94. The van der Waals surface area contributed by atoms with Gasteiger partial charge in [0.15, 0.2) is 17.3 Å². The third-order valence-electron chi connectivity index (χ3n) is 5.53. The van der Waals surface area contributed by atoms with Crippen molar-refractivity contribution in [2.45, 2.75) is 32.0 Å². The molecule has 10 heteroatoms. The maximum Gasteiger partial charge on any atom is 0.251 e. The van der Waals surface area contributed by atoms with Crippen molar-refractivity contribution in [2.75, 3.05) is 25.5 Å². The first-order chi connectivity index (χ1) is 15.9. The SMILES string of the molecule is COc1cc2c(Nc3cccc(Cl)c3F)ncnc2cc1OC1CCN(C(=O)[C@H](C)O)CC1. The molecular formula is C23H24ClFN4O4. The van der Waals surface area contributed by atoms with Crippen molar-refractivity contribution in [3.8, 4) is 11.5 Å². The van der Waals surface area contributed by atoms with Crippen LogP contribution in [0.4, 0.5) is 15.9 Å². The molecule has 2 heterocycles. The van der Waals surface area contributed by atoms with Gasteiger partial charge in [-0.05, 0) is 25.1 Å². The lowest BCUT2D eigenvalue weighted by Crippen LogP contribution is -2.45. The number of nitrogens with zero attached hydrogens (tertiary/aromatic N) is 3. The second-order valence-electron chi connectivity index (χ2n) is 7.79. The van der Waals surface area contributed by atoms with E-state index in [1.54, 1.807) is 29.2 Å². The highest BCUT2D eigenvalue weighted by molar-refractivity contribution is 6.31. The van der Waals surface area contributed by atoms with Gasteiger partial charge in [-0.2, -0.15) is 0 Å². The Labute approximate surface area is 195 Å². The Morgan fingerprint density at radius 1 is 1.27 bits per heavy atom. The smallest absolute Gasteiger partial charge is 0.251 e. The van der Waals surface area contributed by atoms with Crippen LogP contribution in [0.1, 0.15) is 19.8 Å². The average Bonchev–Trinajstić information content (AvgIpc) is 2.81. The molecule has 0 radical (unpaired) electrons. The Kier molecular flexibility index (Phi) is 6.80. The average molecular weight is 475 g/mol. The zero-order valence-electron chi connectivity index (χ0n) is 18.2. The largest absolute Gasteiger partial charge is 0.493 e. The molecule has 0 bridgehead atoms. The monoisotopic (exact) mass is 474 g/mol. The number of piperidine rings is 1. The van der Waals surface area contributed by atoms with Crippen molar-refractivity contribution in [3.05, 3.63) is 47.5 Å². The van der Waals surface area contributed by atoms with Gasteiger partial charge in [0.2, 0.25) is 0 Å². The summed E-state index contributed by atoms with van der Waals surface area (Å²) in [6.45, 7) is 2.48. The Bertz CT molecular complexity index is 1170. The number of benzene rings is 2. The molecule has 1 aliphatic rings. The molecule has 2 aromatic carbocycles. The van der Waals surface area contributed by atoms with Crippen molar-refractivity contribution in [3.63, 3.8) is 0 Å². The molecule has 0 unspecified atom stereocenters. The molecule has 174 valence electrons. The normalized spacial score (nSPS) is 15.4. The lowest BCUT2D eigenvalue weighted by Gasteiger charge is -2.33. The number of nitrogens with one attached hydrogen (secondary N) is 1. The first kappa shape index (κ1) is 23.0. The number of rotatable bonds is 6. The molecule has 33 heavy (non-hydrogen) atoms. The first-order valence-corrected chi connectivity index (χ1v) is 10.9. The van der Waals surface area contributed by atoms with Gasteiger partial charge >= 0.3 is 0 Å². The van der Waals surface area contributed by atoms with Crippen molar-refractivity contribution in [1.29, 1.82) is 0 Å². The zero-order valence-corrected chi connectivity index (χ0v) is 19.0. The third-order valence-corrected chi connectivity index (χ3v) is 5.82. The number of methoxy groups -OCH3 is 1. The summed E-state index contributed by atoms with van der Waals surface area (Å²) in [4.78, 5) is 22.2. The zero-order chi connectivity index (χ0) is 23.5. The summed E-state index contributed by atoms with van der Waals surface area (Å²) < 4.78 is 26.1. The fourth-order valence-electron chi connectivity index (χ4n) is 3.78. The minimum Gasteiger partial charge on any atom is -0.493 e. The van der Waals surface area contributed by atoms with Gasteiger partial charge in [-0.3, -0.25) is 4.79 Å². The molecule has 1 amide bonds. The maximum atomic E-state index is 14.4. The number of aromatic nitrogens is 2. The van der Waals surface area contributed by atoms with E-state index in [1.807, 2.05) is 0 Å². The number of aliphatic hydroxyl groups is 1. The van der Waals surface area contributed by atoms with Crippen LogP contribution in [0.3, 0.4) is 0 Å². The topological polar surface area (TPSA) is 96.8 Å². The number of fused-ring (bicyclic) bond motifs is 1. The number of hydrogen-bond donors (Lipinski definition) is 2. The van der Waals surface area contributed by atoms with Crippen LogP contribution in [0.25, 0.3) is 10.9 Å². The number of likely N-dealkylation sites (tertiary alicyclic amines) is 1. The van der Waals surface area contributed by atoms with Gasteiger partial charge in [-0.25, -0.2) is 14.4 Å². The van der Waals surface area contributed by atoms with E-state index >= 15 is 0 Å². The summed E-state index contributed by atoms with van der Waals surface area (Å²) in [6, 6.07) is 8.17. The second-order valence-corrected chi connectivity index (χ2v) is 8.19. The summed E-state index contributed by atoms with van der Waals surface area (Å²) in [5.74, 6) is 0.553. The lowest BCUT2D eigenvalue weighted by atomic mass is 10.1. The van der Waals surface area contributed by atoms with Gasteiger partial charge in [0, 0.05) is 37.4 Å². The minimum atomic E-state index is -1.01. The molecule has 1 aromatic heterocycles. The summed E-state index contributed by atoms with van der Waals surface area (Å²) >= 11 is 5.88. The van der Waals surface area contributed by atoms with Crippen molar-refractivity contribution in [1.82, 2.24) is 14.9 Å². The van der Waals surface area contributed by atoms with E-state index in [9.17, 15) is 14.3 Å². The second kappa shape index (κ2) is 9.76. The van der Waals surface area contributed by atoms with Crippen LogP contribution in [-0.4, -0.2) is 58.3 Å². The van der Waals surface area contributed by atoms with Crippen LogP contribution in [0.15, 0.2) is 36.7 Å². The quantitative estimate of drug-likeness (QED) is 0.558. The molecule has 8 nitrogen and oxygen atoms in total. The molecule has 1 atom stereocenters. The molecule has 0 aliphatic carbocycles. The van der Waals surface area contributed by atoms with Crippen molar-refractivity contribution < 1.29 is 23.8 Å². The molecule has 0 spiro atoms. The lowest BCUT2D eigenvalue weighted by molar-refractivity contribution is -0.141. The van der Waals surface area contributed by atoms with E-state index in [0.717, 1.165) is 0 Å². The Balaban J connectivity index is 1.56. The fourth-order valence-corrected chi connectivity index (χ4v) is 3.96. The number of aliphatic hydroxyl groups excluding tert-OH is 1. The standard InChI is InChI=1S/C23H24ClFN4O4/c1-13(30)23(31)29-8-6-14(7-9-29)33-20-11-18-15(10-19(20)32-2)22(27-12-26-18)28-17-5-3-4-16(24)21(17)25/h3-5,10-14,30H,6-9H2,1-2H3,(H,26,27,28)/t13-/m0/s1. The van der Waals surface area contributed by atoms with Crippen molar-refractivity contribution in [2.24, 2.45) is 0 Å². The predicted octanol–water partition coefficient (Wildman–Crippen LogP) is 3.93. The van der Waals surface area contributed by atoms with Gasteiger partial charge < -0.3 is 24.8 Å². The van der Waals surface area contributed by atoms with Crippen LogP contribution >= 0.6 is 11.6 Å². The molecular weight excluding hydrogens is 451 g/mol. The number of halogens is 2. The summed E-state index contributed by atoms with van der Waals surface area (Å²) in [5.41, 5.74) is 0.785. The van der Waals surface area contributed by atoms with Crippen LogP contribution < -0.4 is 14.8 Å². The summed E-state index contributed by atoms with van der Waals surface area (Å²) in [7, 11) is 1.53. The van der Waals surface area contributed by atoms with Crippen molar-refractivity contribution >= 4 is 39.9 Å². The van der Waals surface area contributed by atoms with E-state index in [1.165, 1.54) is 26.4 Å². The van der Waals surface area contributed by atoms with Crippen LogP contribution in [0, 0.1) is 5.82 Å². The molecule has 1 fully saturated rings. The Morgan fingerprint density at radius 3 is 2.73 bits per heavy atom. The highest BCUT2D eigenvalue weighted by Crippen LogP contribution is 2.36. The molecule has 1 aliphatic heterocycles. The first-order valence-electron chi connectivity index (χ1n) is 10.5. The van der Waals surface area contributed by atoms with Crippen LogP contribution in [-0.2, 0) is 4.79 Å². The molecule has 0 saturated carbocycles. The van der Waals surface area contributed by atoms with E-state index in [2.05, 4.69) is 15.3 Å². The highest BCUT2D eigenvalue weighted by atomic mass is 35.5. The van der Waals surface area contributed by atoms with E-state index in [0.29, 0.717) is 54.2 Å². The number of carbonyl (C=O) groups excluding carboxylic acids is 1. The van der Waals surface area contributed by atoms with Crippen LogP contribution in [0.5, 0.6) is 11.5 Å². The van der Waals surface area contributed by atoms with E-state index in [-0.39, 0.29) is 22.7 Å². The number of anilines is 2. The van der Waals surface area contributed by atoms with Gasteiger partial charge in [-0.1, -0.05) is 17.7 Å². The number of hydrogen-bond acceptors (Lipinski definition) is 7.